The maximum absolute atomic E-state index is 14.0. The van der Waals surface area contributed by atoms with Crippen molar-refractivity contribution in [1.29, 1.82) is 0 Å². The van der Waals surface area contributed by atoms with E-state index in [1.165, 1.54) is 29.5 Å². The molecule has 1 atom stereocenters. The van der Waals surface area contributed by atoms with Crippen molar-refractivity contribution in [3.8, 4) is 0 Å². The van der Waals surface area contributed by atoms with E-state index in [1.54, 1.807) is 21.7 Å². The summed E-state index contributed by atoms with van der Waals surface area (Å²) >= 11 is 1.37. The third-order valence-corrected chi connectivity index (χ3v) is 4.92. The van der Waals surface area contributed by atoms with E-state index >= 15 is 0 Å². The van der Waals surface area contributed by atoms with Gasteiger partial charge in [-0.15, -0.1) is 0 Å². The molecule has 3 amide bonds. The normalized spacial score (nSPS) is 16.6. The quantitative estimate of drug-likeness (QED) is 0.843. The molecule has 1 fully saturated rings. The van der Waals surface area contributed by atoms with Gasteiger partial charge in [0.15, 0.2) is 0 Å². The zero-order valence-corrected chi connectivity index (χ0v) is 14.9. The monoisotopic (exact) mass is 375 g/mol. The van der Waals surface area contributed by atoms with Crippen LogP contribution in [0.1, 0.15) is 23.7 Å². The van der Waals surface area contributed by atoms with E-state index < -0.39 is 17.6 Å². The van der Waals surface area contributed by atoms with Crippen molar-refractivity contribution >= 4 is 40.4 Å². The first-order valence-corrected chi connectivity index (χ1v) is 9.14. The summed E-state index contributed by atoms with van der Waals surface area (Å²) in [6.45, 7) is 2.81. The van der Waals surface area contributed by atoms with Crippen LogP contribution in [0.4, 0.5) is 15.8 Å². The van der Waals surface area contributed by atoms with Crippen LogP contribution in [0.3, 0.4) is 0 Å². The highest BCUT2D eigenvalue weighted by molar-refractivity contribution is 7.08. The number of carbonyl (C=O) groups excluding carboxylic acids is 3. The number of nitrogens with zero attached hydrogens (tertiary/aromatic N) is 1. The summed E-state index contributed by atoms with van der Waals surface area (Å²) in [5.74, 6) is -1.80. The fraction of sp³-hybridized carbons (Fsp3) is 0.278. The van der Waals surface area contributed by atoms with E-state index in [1.807, 2.05) is 6.92 Å². The maximum atomic E-state index is 14.0. The highest BCUT2D eigenvalue weighted by Gasteiger charge is 2.33. The number of hydrogen-bond acceptors (Lipinski definition) is 4. The summed E-state index contributed by atoms with van der Waals surface area (Å²) in [6.07, 6.45) is 0.169. The molecule has 3 rings (SSSR count). The Labute approximate surface area is 154 Å². The maximum Gasteiger partial charge on any atom is 0.256 e. The molecule has 0 saturated carbocycles. The van der Waals surface area contributed by atoms with Crippen molar-refractivity contribution in [1.82, 2.24) is 4.90 Å². The minimum Gasteiger partial charge on any atom is -0.342 e. The summed E-state index contributed by atoms with van der Waals surface area (Å²) < 4.78 is 14.0. The van der Waals surface area contributed by atoms with Crippen LogP contribution < -0.4 is 10.6 Å². The van der Waals surface area contributed by atoms with Crippen LogP contribution in [0.5, 0.6) is 0 Å². The van der Waals surface area contributed by atoms with E-state index in [0.29, 0.717) is 24.3 Å². The summed E-state index contributed by atoms with van der Waals surface area (Å²) in [5, 5.41) is 8.61. The van der Waals surface area contributed by atoms with Gasteiger partial charge in [-0.05, 0) is 36.6 Å². The number of anilines is 2. The Balaban J connectivity index is 1.68. The molecule has 1 aliphatic heterocycles. The van der Waals surface area contributed by atoms with Crippen LogP contribution in [0.2, 0.25) is 0 Å². The zero-order chi connectivity index (χ0) is 18.7. The highest BCUT2D eigenvalue weighted by atomic mass is 32.1. The predicted octanol–water partition coefficient (Wildman–Crippen LogP) is 2.95. The molecule has 0 bridgehead atoms. The molecule has 1 unspecified atom stereocenters. The second-order valence-electron chi connectivity index (χ2n) is 5.98. The van der Waals surface area contributed by atoms with Gasteiger partial charge in [0.25, 0.3) is 5.91 Å². The van der Waals surface area contributed by atoms with E-state index in [0.717, 1.165) is 0 Å². The SMILES string of the molecule is CCN1CC(C(=O)Nc2ccc(F)c(NC(=O)c3ccsc3)c2)CC1=O. The van der Waals surface area contributed by atoms with Gasteiger partial charge in [-0.2, -0.15) is 11.3 Å². The molecule has 136 valence electrons. The van der Waals surface area contributed by atoms with Crippen LogP contribution in [0.15, 0.2) is 35.0 Å². The molecule has 2 heterocycles. The first-order chi connectivity index (χ1) is 12.5. The van der Waals surface area contributed by atoms with Gasteiger partial charge in [0.2, 0.25) is 11.8 Å². The van der Waals surface area contributed by atoms with E-state index in [4.69, 9.17) is 0 Å². The number of amides is 3. The Kier molecular flexibility index (Phi) is 5.32. The lowest BCUT2D eigenvalue weighted by Crippen LogP contribution is -2.28. The van der Waals surface area contributed by atoms with Gasteiger partial charge in [0.05, 0.1) is 17.2 Å². The van der Waals surface area contributed by atoms with Gasteiger partial charge in [-0.1, -0.05) is 0 Å². The Hall–Kier alpha value is -2.74. The van der Waals surface area contributed by atoms with Crippen molar-refractivity contribution in [2.75, 3.05) is 23.7 Å². The lowest BCUT2D eigenvalue weighted by atomic mass is 10.1. The number of benzene rings is 1. The van der Waals surface area contributed by atoms with E-state index in [2.05, 4.69) is 10.6 Å². The molecule has 1 aliphatic rings. The molecule has 1 saturated heterocycles. The second-order valence-corrected chi connectivity index (χ2v) is 6.76. The fourth-order valence-corrected chi connectivity index (χ4v) is 3.42. The number of hydrogen-bond donors (Lipinski definition) is 2. The molecule has 0 radical (unpaired) electrons. The van der Waals surface area contributed by atoms with Gasteiger partial charge < -0.3 is 15.5 Å². The smallest absolute Gasteiger partial charge is 0.256 e. The second kappa shape index (κ2) is 7.65. The lowest BCUT2D eigenvalue weighted by molar-refractivity contribution is -0.128. The highest BCUT2D eigenvalue weighted by Crippen LogP contribution is 2.23. The Morgan fingerprint density at radius 1 is 1.31 bits per heavy atom. The number of halogens is 1. The van der Waals surface area contributed by atoms with Crippen molar-refractivity contribution in [2.45, 2.75) is 13.3 Å². The van der Waals surface area contributed by atoms with Crippen LogP contribution in [0, 0.1) is 11.7 Å². The number of rotatable bonds is 5. The molecule has 2 N–H and O–H groups in total. The van der Waals surface area contributed by atoms with Crippen LogP contribution in [0.25, 0.3) is 0 Å². The van der Waals surface area contributed by atoms with Crippen molar-refractivity contribution < 1.29 is 18.8 Å². The molecule has 1 aromatic carbocycles. The van der Waals surface area contributed by atoms with Crippen LogP contribution >= 0.6 is 11.3 Å². The summed E-state index contributed by atoms with van der Waals surface area (Å²) in [7, 11) is 0. The van der Waals surface area contributed by atoms with Gasteiger partial charge >= 0.3 is 0 Å². The number of carbonyl (C=O) groups is 3. The molecule has 0 spiro atoms. The topological polar surface area (TPSA) is 78.5 Å². The Morgan fingerprint density at radius 3 is 2.77 bits per heavy atom. The predicted molar refractivity (Wildman–Crippen MR) is 97.7 cm³/mol. The van der Waals surface area contributed by atoms with Gasteiger partial charge in [0.1, 0.15) is 5.82 Å². The van der Waals surface area contributed by atoms with E-state index in [9.17, 15) is 18.8 Å². The summed E-state index contributed by atoms with van der Waals surface area (Å²) in [5.41, 5.74) is 0.782. The minimum atomic E-state index is -0.597. The molecule has 26 heavy (non-hydrogen) atoms. The van der Waals surface area contributed by atoms with Crippen molar-refractivity contribution in [2.24, 2.45) is 5.92 Å². The lowest BCUT2D eigenvalue weighted by Gasteiger charge is -2.14. The average Bonchev–Trinajstić information content (AvgIpc) is 3.27. The average molecular weight is 375 g/mol. The third kappa shape index (κ3) is 3.91. The van der Waals surface area contributed by atoms with Gasteiger partial charge in [-0.25, -0.2) is 4.39 Å². The van der Waals surface area contributed by atoms with Crippen LogP contribution in [-0.4, -0.2) is 35.7 Å². The van der Waals surface area contributed by atoms with Gasteiger partial charge in [0, 0.05) is 30.6 Å². The third-order valence-electron chi connectivity index (χ3n) is 4.23. The Morgan fingerprint density at radius 2 is 2.12 bits per heavy atom. The molecule has 2 aromatic rings. The van der Waals surface area contributed by atoms with Crippen LogP contribution in [-0.2, 0) is 9.59 Å². The first-order valence-electron chi connectivity index (χ1n) is 8.19. The standard InChI is InChI=1S/C18H18FN3O3S/c1-2-22-9-12(7-16(22)23)18(25)20-13-3-4-14(19)15(8-13)21-17(24)11-5-6-26-10-11/h3-6,8,10,12H,2,7,9H2,1H3,(H,20,25)(H,21,24). The number of thiophene rings is 1. The number of likely N-dealkylation sites (tertiary alicyclic amines) is 1. The summed E-state index contributed by atoms with van der Waals surface area (Å²) in [6, 6.07) is 5.60. The largest absolute Gasteiger partial charge is 0.342 e. The van der Waals surface area contributed by atoms with Gasteiger partial charge in [-0.3, -0.25) is 14.4 Å². The zero-order valence-electron chi connectivity index (χ0n) is 14.1. The van der Waals surface area contributed by atoms with Crippen molar-refractivity contribution in [3.05, 3.63) is 46.4 Å². The van der Waals surface area contributed by atoms with Crippen molar-refractivity contribution in [3.63, 3.8) is 0 Å². The molecule has 0 aliphatic carbocycles. The number of nitrogens with one attached hydrogen (secondary N) is 2. The first kappa shape index (κ1) is 18.1. The fourth-order valence-electron chi connectivity index (χ4n) is 2.78. The molecular formula is C18H18FN3O3S. The summed E-state index contributed by atoms with van der Waals surface area (Å²) in [4.78, 5) is 37.8. The molecule has 8 heteroatoms. The molecular weight excluding hydrogens is 357 g/mol. The minimum absolute atomic E-state index is 0.0170. The molecule has 1 aromatic heterocycles. The molecule has 6 nitrogen and oxygen atoms in total. The Bertz CT molecular complexity index is 838. The van der Waals surface area contributed by atoms with E-state index in [-0.39, 0.29) is 23.9 Å².